The minimum absolute atomic E-state index is 0.0871. The molecule has 0 aliphatic heterocycles. The fourth-order valence-corrected chi connectivity index (χ4v) is 2.01. The van der Waals surface area contributed by atoms with Crippen LogP contribution in [0, 0.1) is 12.7 Å². The molecule has 4 heteroatoms. The van der Waals surface area contributed by atoms with Crippen molar-refractivity contribution >= 4 is 11.6 Å². The smallest absolute Gasteiger partial charge is 0.170 e. The molecule has 1 aromatic rings. The van der Waals surface area contributed by atoms with Crippen LogP contribution in [0.1, 0.15) is 24.0 Å². The Kier molecular flexibility index (Phi) is 2.40. The highest BCUT2D eigenvalue weighted by Gasteiger charge is 2.45. The van der Waals surface area contributed by atoms with Crippen LogP contribution in [0.4, 0.5) is 4.39 Å². The van der Waals surface area contributed by atoms with Crippen molar-refractivity contribution in [2.45, 2.75) is 25.2 Å². The number of hydrogen-bond acceptors (Lipinski definition) is 2. The quantitative estimate of drug-likeness (QED) is 0.819. The molecule has 0 spiro atoms. The maximum absolute atomic E-state index is 13.8. The van der Waals surface area contributed by atoms with E-state index in [1.54, 1.807) is 13.0 Å². The molecule has 2 nitrogen and oxygen atoms in total. The molecule has 0 saturated heterocycles. The average molecular weight is 230 g/mol. The monoisotopic (exact) mass is 229 g/mol. The molecule has 1 aromatic carbocycles. The van der Waals surface area contributed by atoms with Gasteiger partial charge in [-0.1, -0.05) is 17.7 Å². The number of halogens is 2. The normalized spacial score (nSPS) is 17.9. The fourth-order valence-electron chi connectivity index (χ4n) is 1.87. The summed E-state index contributed by atoms with van der Waals surface area (Å²) in [7, 11) is 0. The predicted molar refractivity (Wildman–Crippen MR) is 57.8 cm³/mol. The maximum atomic E-state index is 13.8. The zero-order valence-corrected chi connectivity index (χ0v) is 9.24. The standard InChI is InChI=1S/C11H13ClFNO/c1-6-4-7(11(5-14)2-3-11)9(13)10(15)8(6)12/h4,15H,2-3,5,14H2,1H3. The Morgan fingerprint density at radius 3 is 2.67 bits per heavy atom. The first-order chi connectivity index (χ1) is 7.02. The second-order valence-corrected chi connectivity index (χ2v) is 4.58. The van der Waals surface area contributed by atoms with Crippen molar-refractivity contribution in [3.63, 3.8) is 0 Å². The van der Waals surface area contributed by atoms with Crippen LogP contribution in [0.15, 0.2) is 6.07 Å². The number of benzene rings is 1. The topological polar surface area (TPSA) is 46.2 Å². The van der Waals surface area contributed by atoms with Gasteiger partial charge in [-0.25, -0.2) is 4.39 Å². The third kappa shape index (κ3) is 1.50. The number of hydrogen-bond donors (Lipinski definition) is 2. The lowest BCUT2D eigenvalue weighted by atomic mass is 9.93. The molecular formula is C11H13ClFNO. The summed E-state index contributed by atoms with van der Waals surface area (Å²) in [6, 6.07) is 1.69. The summed E-state index contributed by atoms with van der Waals surface area (Å²) in [4.78, 5) is 0. The Labute approximate surface area is 92.9 Å². The highest BCUT2D eigenvalue weighted by Crippen LogP contribution is 2.50. The molecule has 0 bridgehead atoms. The van der Waals surface area contributed by atoms with Crippen molar-refractivity contribution in [3.05, 3.63) is 28.0 Å². The highest BCUT2D eigenvalue weighted by atomic mass is 35.5. The summed E-state index contributed by atoms with van der Waals surface area (Å²) >= 11 is 5.75. The number of phenols is 1. The highest BCUT2D eigenvalue weighted by molar-refractivity contribution is 6.32. The van der Waals surface area contributed by atoms with Gasteiger partial charge in [0.2, 0.25) is 0 Å². The van der Waals surface area contributed by atoms with Crippen molar-refractivity contribution in [2.75, 3.05) is 6.54 Å². The molecule has 1 aliphatic rings. The van der Waals surface area contributed by atoms with Crippen LogP contribution in [0.2, 0.25) is 5.02 Å². The molecule has 0 atom stereocenters. The van der Waals surface area contributed by atoms with E-state index >= 15 is 0 Å². The molecule has 2 rings (SSSR count). The van der Waals surface area contributed by atoms with E-state index in [9.17, 15) is 9.50 Å². The molecular weight excluding hydrogens is 217 g/mol. The van der Waals surface area contributed by atoms with Crippen LogP contribution >= 0.6 is 11.6 Å². The lowest BCUT2D eigenvalue weighted by Gasteiger charge is -2.16. The van der Waals surface area contributed by atoms with E-state index in [1.807, 2.05) is 0 Å². The molecule has 1 fully saturated rings. The van der Waals surface area contributed by atoms with E-state index in [0.717, 1.165) is 12.8 Å². The summed E-state index contributed by atoms with van der Waals surface area (Å²) in [5.41, 5.74) is 6.55. The van der Waals surface area contributed by atoms with Gasteiger partial charge < -0.3 is 10.8 Å². The number of phenolic OH excluding ortho intramolecular Hbond substituents is 1. The van der Waals surface area contributed by atoms with E-state index in [2.05, 4.69) is 0 Å². The van der Waals surface area contributed by atoms with Gasteiger partial charge in [0.05, 0.1) is 5.02 Å². The molecule has 1 saturated carbocycles. The van der Waals surface area contributed by atoms with Crippen LogP contribution in [-0.4, -0.2) is 11.7 Å². The molecule has 82 valence electrons. The minimum atomic E-state index is -0.617. The second-order valence-electron chi connectivity index (χ2n) is 4.20. The largest absolute Gasteiger partial charge is 0.504 e. The van der Waals surface area contributed by atoms with Gasteiger partial charge in [0, 0.05) is 12.0 Å². The maximum Gasteiger partial charge on any atom is 0.170 e. The lowest BCUT2D eigenvalue weighted by molar-refractivity contribution is 0.423. The summed E-state index contributed by atoms with van der Waals surface area (Å²) in [6.07, 6.45) is 1.75. The van der Waals surface area contributed by atoms with Crippen molar-refractivity contribution < 1.29 is 9.50 Å². The summed E-state index contributed by atoms with van der Waals surface area (Å²) in [6.45, 7) is 2.15. The van der Waals surface area contributed by atoms with Gasteiger partial charge in [-0.15, -0.1) is 0 Å². The number of nitrogens with two attached hydrogens (primary N) is 1. The van der Waals surface area contributed by atoms with Crippen LogP contribution in [0.25, 0.3) is 0 Å². The molecule has 0 unspecified atom stereocenters. The molecule has 0 amide bonds. The van der Waals surface area contributed by atoms with Gasteiger partial charge in [0.15, 0.2) is 11.6 Å². The predicted octanol–water partition coefficient (Wildman–Crippen LogP) is 2.48. The molecule has 0 aromatic heterocycles. The van der Waals surface area contributed by atoms with Crippen LogP contribution in [0.5, 0.6) is 5.75 Å². The summed E-state index contributed by atoms with van der Waals surface area (Å²) in [5, 5.41) is 9.59. The zero-order chi connectivity index (χ0) is 11.2. The Bertz CT molecular complexity index is 416. The van der Waals surface area contributed by atoms with Crippen molar-refractivity contribution in [1.82, 2.24) is 0 Å². The van der Waals surface area contributed by atoms with Gasteiger partial charge >= 0.3 is 0 Å². The van der Waals surface area contributed by atoms with Crippen LogP contribution < -0.4 is 5.73 Å². The minimum Gasteiger partial charge on any atom is -0.504 e. The lowest BCUT2D eigenvalue weighted by Crippen LogP contribution is -2.21. The average Bonchev–Trinajstić information content (AvgIpc) is 3.01. The molecule has 1 aliphatic carbocycles. The van der Waals surface area contributed by atoms with Gasteiger partial charge in [-0.2, -0.15) is 0 Å². The molecule has 15 heavy (non-hydrogen) atoms. The van der Waals surface area contributed by atoms with Gasteiger partial charge in [0.25, 0.3) is 0 Å². The van der Waals surface area contributed by atoms with E-state index < -0.39 is 11.6 Å². The Morgan fingerprint density at radius 2 is 2.20 bits per heavy atom. The van der Waals surface area contributed by atoms with Crippen LogP contribution in [0.3, 0.4) is 0 Å². The third-order valence-electron chi connectivity index (χ3n) is 3.17. The van der Waals surface area contributed by atoms with Gasteiger partial charge in [-0.05, 0) is 30.9 Å². The first kappa shape index (κ1) is 10.7. The fraction of sp³-hybridized carbons (Fsp3) is 0.455. The Hall–Kier alpha value is -0.800. The molecule has 0 radical (unpaired) electrons. The van der Waals surface area contributed by atoms with Crippen molar-refractivity contribution in [2.24, 2.45) is 5.73 Å². The van der Waals surface area contributed by atoms with Gasteiger partial charge in [-0.3, -0.25) is 0 Å². The summed E-state index contributed by atoms with van der Waals surface area (Å²) in [5.74, 6) is -1.07. The zero-order valence-electron chi connectivity index (χ0n) is 8.48. The molecule has 0 heterocycles. The first-order valence-electron chi connectivity index (χ1n) is 4.90. The summed E-state index contributed by atoms with van der Waals surface area (Å²) < 4.78 is 13.8. The number of aryl methyl sites for hydroxylation is 1. The Balaban J connectivity index is 2.58. The Morgan fingerprint density at radius 1 is 1.60 bits per heavy atom. The van der Waals surface area contributed by atoms with Crippen molar-refractivity contribution in [3.8, 4) is 5.75 Å². The van der Waals surface area contributed by atoms with E-state index in [-0.39, 0.29) is 10.4 Å². The molecule has 3 N–H and O–H groups in total. The number of rotatable bonds is 2. The van der Waals surface area contributed by atoms with E-state index in [0.29, 0.717) is 17.7 Å². The van der Waals surface area contributed by atoms with E-state index in [4.69, 9.17) is 17.3 Å². The van der Waals surface area contributed by atoms with Crippen LogP contribution in [-0.2, 0) is 5.41 Å². The van der Waals surface area contributed by atoms with Crippen molar-refractivity contribution in [1.29, 1.82) is 0 Å². The third-order valence-corrected chi connectivity index (χ3v) is 3.65. The SMILES string of the molecule is Cc1cc(C2(CN)CC2)c(F)c(O)c1Cl. The van der Waals surface area contributed by atoms with Gasteiger partial charge in [0.1, 0.15) is 0 Å². The second kappa shape index (κ2) is 3.35. The van der Waals surface area contributed by atoms with E-state index in [1.165, 1.54) is 0 Å². The first-order valence-corrected chi connectivity index (χ1v) is 5.28. The number of aromatic hydroxyl groups is 1.